The zero-order valence-corrected chi connectivity index (χ0v) is 33.3. The van der Waals surface area contributed by atoms with Crippen molar-refractivity contribution in [2.45, 2.75) is 5.41 Å². The summed E-state index contributed by atoms with van der Waals surface area (Å²) >= 11 is 0. The van der Waals surface area contributed by atoms with Gasteiger partial charge in [0, 0.05) is 72.8 Å². The van der Waals surface area contributed by atoms with Gasteiger partial charge in [0.05, 0.1) is 22.5 Å². The van der Waals surface area contributed by atoms with Crippen LogP contribution in [-0.2, 0) is 24.9 Å². The van der Waals surface area contributed by atoms with Crippen molar-refractivity contribution in [3.05, 3.63) is 216 Å². The second kappa shape index (κ2) is 15.5. The summed E-state index contributed by atoms with van der Waals surface area (Å²) in [5.74, 6) is 0.315. The summed E-state index contributed by atoms with van der Waals surface area (Å²) in [7, 11) is 0. The first kappa shape index (κ1) is 36.2. The average molecular weight is 776 g/mol. The summed E-state index contributed by atoms with van der Waals surface area (Å²) in [4.78, 5) is 18.2. The number of nitrogens with zero attached hydrogens (tertiary/aromatic N) is 4. The molecule has 0 amide bonds. The van der Waals surface area contributed by atoms with Gasteiger partial charge in [0.1, 0.15) is 11.5 Å². The molecule has 6 aromatic carbocycles. The Morgan fingerprint density at radius 3 is 1.55 bits per heavy atom. The van der Waals surface area contributed by atoms with E-state index in [0.717, 1.165) is 44.9 Å². The topological polar surface area (TPSA) is 91.0 Å². The standard InChI is InChI=1S/C49H34N4O2.Zn/c54-47-24-14-33(35-8-7-26-50-30-35)28-36(47)31-52-40-20-16-38(17-21-40)49(44-11-3-1-9-42(44)43-10-2-4-12-45(43)49)39-18-22-41(23-19-39)53-32-37-29-34(15-25-48(37)55)46-13-5-6-27-51-46;/h1-32,54-55H;. The van der Waals surface area contributed by atoms with Crippen LogP contribution in [0.1, 0.15) is 33.4 Å². The number of hydrogen-bond acceptors (Lipinski definition) is 6. The Hall–Kier alpha value is -6.82. The van der Waals surface area contributed by atoms with Crippen LogP contribution in [-0.4, -0.2) is 32.6 Å². The SMILES string of the molecule is Oc1ccc(-c2cccnc2)cc1C=Nc1ccc(C2(c3ccc(N=Cc4cc(-c5ccccn5)ccc4O)cc3)c3ccccc3-c3ccccc32)cc1.[Zn]. The predicted molar refractivity (Wildman–Crippen MR) is 221 cm³/mol. The van der Waals surface area contributed by atoms with Gasteiger partial charge in [-0.2, -0.15) is 0 Å². The van der Waals surface area contributed by atoms with Gasteiger partial charge in [-0.1, -0.05) is 91.0 Å². The molecule has 264 valence electrons. The number of phenolic OH excluding ortho intramolecular Hbond substituents is 2. The second-order valence-corrected chi connectivity index (χ2v) is 13.5. The number of benzene rings is 6. The van der Waals surface area contributed by atoms with Crippen molar-refractivity contribution in [1.82, 2.24) is 9.97 Å². The molecule has 0 saturated heterocycles. The first-order valence-corrected chi connectivity index (χ1v) is 18.0. The molecule has 0 radical (unpaired) electrons. The Morgan fingerprint density at radius 2 is 1.02 bits per heavy atom. The van der Waals surface area contributed by atoms with E-state index >= 15 is 0 Å². The van der Waals surface area contributed by atoms with Crippen LogP contribution in [0.15, 0.2) is 192 Å². The van der Waals surface area contributed by atoms with Crippen molar-refractivity contribution < 1.29 is 29.7 Å². The molecule has 2 aromatic heterocycles. The summed E-state index contributed by atoms with van der Waals surface area (Å²) in [6.07, 6.45) is 8.70. The molecular weight excluding hydrogens is 742 g/mol. The number of fused-ring (bicyclic) bond motifs is 3. The van der Waals surface area contributed by atoms with Gasteiger partial charge in [0.25, 0.3) is 0 Å². The van der Waals surface area contributed by atoms with Gasteiger partial charge in [-0.05, 0) is 112 Å². The molecule has 6 nitrogen and oxygen atoms in total. The normalized spacial score (nSPS) is 12.6. The first-order chi connectivity index (χ1) is 27.1. The Bertz CT molecular complexity index is 2520. The Labute approximate surface area is 338 Å². The fourth-order valence-corrected chi connectivity index (χ4v) is 7.63. The van der Waals surface area contributed by atoms with E-state index in [1.54, 1.807) is 43.2 Å². The molecule has 0 spiro atoms. The maximum absolute atomic E-state index is 10.6. The Kier molecular flexibility index (Phi) is 10.0. The zero-order valence-electron chi connectivity index (χ0n) is 30.4. The van der Waals surface area contributed by atoms with Gasteiger partial charge in [0.2, 0.25) is 0 Å². The first-order valence-electron chi connectivity index (χ1n) is 18.0. The molecule has 0 fully saturated rings. The molecule has 8 aromatic rings. The smallest absolute Gasteiger partial charge is 0.124 e. The monoisotopic (exact) mass is 774 g/mol. The molecule has 9 rings (SSSR count). The largest absolute Gasteiger partial charge is 0.507 e. The molecule has 56 heavy (non-hydrogen) atoms. The predicted octanol–water partition coefficient (Wildman–Crippen LogP) is 11.1. The van der Waals surface area contributed by atoms with Gasteiger partial charge in [0.15, 0.2) is 0 Å². The summed E-state index contributed by atoms with van der Waals surface area (Å²) < 4.78 is 0. The van der Waals surface area contributed by atoms with Crippen molar-refractivity contribution in [2.75, 3.05) is 0 Å². The van der Waals surface area contributed by atoms with Crippen LogP contribution < -0.4 is 0 Å². The molecule has 7 heteroatoms. The molecule has 1 aliphatic rings. The fraction of sp³-hybridized carbons (Fsp3) is 0.0204. The zero-order chi connectivity index (χ0) is 37.2. The fourth-order valence-electron chi connectivity index (χ4n) is 7.63. The number of aromatic nitrogens is 2. The third-order valence-electron chi connectivity index (χ3n) is 10.3. The van der Waals surface area contributed by atoms with E-state index in [-0.39, 0.29) is 31.0 Å². The Balaban J connectivity index is 0.00000441. The van der Waals surface area contributed by atoms with Crippen LogP contribution in [0, 0.1) is 0 Å². The van der Waals surface area contributed by atoms with E-state index in [2.05, 4.69) is 82.8 Å². The third kappa shape index (κ3) is 6.63. The van der Waals surface area contributed by atoms with Crippen molar-refractivity contribution in [1.29, 1.82) is 0 Å². The molecule has 0 unspecified atom stereocenters. The van der Waals surface area contributed by atoms with Gasteiger partial charge >= 0.3 is 0 Å². The molecule has 0 aliphatic heterocycles. The number of aromatic hydroxyl groups is 2. The minimum absolute atomic E-state index is 0. The van der Waals surface area contributed by atoms with E-state index in [9.17, 15) is 10.2 Å². The minimum Gasteiger partial charge on any atom is -0.507 e. The van der Waals surface area contributed by atoms with Gasteiger partial charge in [-0.25, -0.2) is 0 Å². The van der Waals surface area contributed by atoms with Crippen LogP contribution in [0.2, 0.25) is 0 Å². The van der Waals surface area contributed by atoms with Crippen molar-refractivity contribution in [2.24, 2.45) is 9.98 Å². The third-order valence-corrected chi connectivity index (χ3v) is 10.3. The second-order valence-electron chi connectivity index (χ2n) is 13.5. The Morgan fingerprint density at radius 1 is 0.482 bits per heavy atom. The van der Waals surface area contributed by atoms with E-state index in [1.807, 2.05) is 78.9 Å². The minimum atomic E-state index is -0.594. The number of rotatable bonds is 8. The maximum Gasteiger partial charge on any atom is 0.124 e. The van der Waals surface area contributed by atoms with E-state index in [1.165, 1.54) is 22.3 Å². The van der Waals surface area contributed by atoms with Crippen LogP contribution >= 0.6 is 0 Å². The van der Waals surface area contributed by atoms with E-state index < -0.39 is 5.41 Å². The molecule has 1 aliphatic carbocycles. The molecular formula is C49H34N4O2Zn. The maximum atomic E-state index is 10.6. The summed E-state index contributed by atoms with van der Waals surface area (Å²) in [6, 6.07) is 54.5. The van der Waals surface area contributed by atoms with Gasteiger partial charge in [-0.15, -0.1) is 0 Å². The van der Waals surface area contributed by atoms with Crippen LogP contribution in [0.3, 0.4) is 0 Å². The van der Waals surface area contributed by atoms with Crippen LogP contribution in [0.25, 0.3) is 33.5 Å². The number of aliphatic imine (C=N–C) groups is 2. The number of hydrogen-bond donors (Lipinski definition) is 2. The van der Waals surface area contributed by atoms with Crippen molar-refractivity contribution in [3.8, 4) is 45.0 Å². The van der Waals surface area contributed by atoms with Crippen molar-refractivity contribution in [3.63, 3.8) is 0 Å². The summed E-state index contributed by atoms with van der Waals surface area (Å²) in [5, 5.41) is 21.3. The molecule has 2 N–H and O–H groups in total. The van der Waals surface area contributed by atoms with Crippen LogP contribution in [0.5, 0.6) is 11.5 Å². The van der Waals surface area contributed by atoms with E-state index in [4.69, 9.17) is 9.98 Å². The molecule has 0 atom stereocenters. The van der Waals surface area contributed by atoms with Crippen LogP contribution in [0.4, 0.5) is 11.4 Å². The quantitative estimate of drug-likeness (QED) is 0.119. The number of pyridine rings is 2. The molecule has 2 heterocycles. The molecule has 0 saturated carbocycles. The summed E-state index contributed by atoms with van der Waals surface area (Å²) in [5.41, 5.74) is 12.9. The molecule has 0 bridgehead atoms. The number of phenols is 2. The van der Waals surface area contributed by atoms with E-state index in [0.29, 0.717) is 11.1 Å². The summed E-state index contributed by atoms with van der Waals surface area (Å²) in [6.45, 7) is 0. The van der Waals surface area contributed by atoms with Gasteiger partial charge in [-0.3, -0.25) is 20.0 Å². The van der Waals surface area contributed by atoms with Gasteiger partial charge < -0.3 is 10.2 Å². The average Bonchev–Trinajstić information content (AvgIpc) is 3.55. The van der Waals surface area contributed by atoms with Crippen molar-refractivity contribution >= 4 is 23.8 Å².